The fourth-order valence-corrected chi connectivity index (χ4v) is 5.83. The van der Waals surface area contributed by atoms with Crippen molar-refractivity contribution in [1.29, 1.82) is 0 Å². The number of fused-ring (bicyclic) bond motifs is 2. The fourth-order valence-electron chi connectivity index (χ4n) is 5.83. The van der Waals surface area contributed by atoms with Gasteiger partial charge in [0.05, 0.1) is 0 Å². The first-order valence-corrected chi connectivity index (χ1v) is 10.6. The zero-order chi connectivity index (χ0) is 18.1. The lowest BCUT2D eigenvalue weighted by Gasteiger charge is -2.51. The Bertz CT molecular complexity index is 741. The molecule has 0 bridgehead atoms. The van der Waals surface area contributed by atoms with E-state index in [1.165, 1.54) is 49.8 Å². The van der Waals surface area contributed by atoms with Gasteiger partial charge in [-0.05, 0) is 24.0 Å². The van der Waals surface area contributed by atoms with E-state index >= 15 is 0 Å². The second-order valence-corrected chi connectivity index (χ2v) is 8.79. The van der Waals surface area contributed by atoms with E-state index in [-0.39, 0.29) is 6.10 Å². The molecule has 27 heavy (non-hydrogen) atoms. The van der Waals surface area contributed by atoms with Gasteiger partial charge in [-0.3, -0.25) is 9.74 Å². The summed E-state index contributed by atoms with van der Waals surface area (Å²) in [6, 6.07) is 22.2. The van der Waals surface area contributed by atoms with Crippen LogP contribution < -0.4 is 5.48 Å². The molecule has 2 aromatic carbocycles. The Morgan fingerprint density at radius 2 is 1.63 bits per heavy atom. The van der Waals surface area contributed by atoms with Crippen molar-refractivity contribution in [2.75, 3.05) is 13.1 Å². The number of piperidine rings is 1. The Morgan fingerprint density at radius 1 is 0.926 bits per heavy atom. The number of hydrogen-bond donors (Lipinski definition) is 1. The monoisotopic (exact) mass is 362 g/mol. The Balaban J connectivity index is 1.44. The average molecular weight is 363 g/mol. The first-order chi connectivity index (χ1) is 13.3. The second-order valence-electron chi connectivity index (χ2n) is 8.79. The highest BCUT2D eigenvalue weighted by molar-refractivity contribution is 5.22. The topological polar surface area (TPSA) is 24.5 Å². The third-order valence-electron chi connectivity index (χ3n) is 7.03. The van der Waals surface area contributed by atoms with Crippen LogP contribution in [0.15, 0.2) is 60.7 Å². The van der Waals surface area contributed by atoms with Gasteiger partial charge >= 0.3 is 0 Å². The van der Waals surface area contributed by atoms with Crippen LogP contribution in [0.5, 0.6) is 0 Å². The molecule has 2 aliphatic heterocycles. The molecule has 2 saturated heterocycles. The molecule has 142 valence electrons. The van der Waals surface area contributed by atoms with E-state index in [1.54, 1.807) is 0 Å². The largest absolute Gasteiger partial charge is 0.298 e. The number of likely N-dealkylation sites (tertiary alicyclic amines) is 1. The van der Waals surface area contributed by atoms with E-state index in [9.17, 15) is 0 Å². The first kappa shape index (κ1) is 17.4. The summed E-state index contributed by atoms with van der Waals surface area (Å²) < 4.78 is 0. The standard InChI is InChI=1S/C24H30N2O/c1-4-10-19(11-5-1)16-26-17-21-22(20-12-6-2-7-13-20)27-25-23(21)24(18-26)14-8-3-9-15-24/h1-2,4-7,10-13,21-23,25H,3,8-9,14-18H2/t21-,22-,23+/m0/s1. The van der Waals surface area contributed by atoms with Crippen molar-refractivity contribution in [1.82, 2.24) is 10.4 Å². The van der Waals surface area contributed by atoms with Gasteiger partial charge in [-0.1, -0.05) is 79.9 Å². The first-order valence-electron chi connectivity index (χ1n) is 10.6. The van der Waals surface area contributed by atoms with Crippen LogP contribution >= 0.6 is 0 Å². The molecule has 2 heterocycles. The maximum absolute atomic E-state index is 6.24. The molecule has 1 saturated carbocycles. The van der Waals surface area contributed by atoms with Gasteiger partial charge in [-0.25, -0.2) is 0 Å². The lowest BCUT2D eigenvalue weighted by Crippen LogP contribution is -2.59. The summed E-state index contributed by atoms with van der Waals surface area (Å²) in [6.07, 6.45) is 6.93. The Kier molecular flexibility index (Phi) is 4.76. The van der Waals surface area contributed by atoms with E-state index in [4.69, 9.17) is 4.84 Å². The van der Waals surface area contributed by atoms with Crippen LogP contribution in [0, 0.1) is 11.3 Å². The van der Waals surface area contributed by atoms with Crippen molar-refractivity contribution in [2.24, 2.45) is 11.3 Å². The van der Waals surface area contributed by atoms with Crippen LogP contribution in [0.25, 0.3) is 0 Å². The number of hydroxylamine groups is 1. The molecule has 3 atom stereocenters. The molecule has 3 nitrogen and oxygen atoms in total. The maximum Gasteiger partial charge on any atom is 0.110 e. The minimum atomic E-state index is 0.161. The summed E-state index contributed by atoms with van der Waals surface area (Å²) in [7, 11) is 0. The van der Waals surface area contributed by atoms with Crippen molar-refractivity contribution in [3.05, 3.63) is 71.8 Å². The molecule has 1 spiro atoms. The maximum atomic E-state index is 6.24. The fraction of sp³-hybridized carbons (Fsp3) is 0.500. The molecule has 0 radical (unpaired) electrons. The van der Waals surface area contributed by atoms with E-state index < -0.39 is 0 Å². The van der Waals surface area contributed by atoms with E-state index in [1.807, 2.05) is 0 Å². The summed E-state index contributed by atoms with van der Waals surface area (Å²) in [5.74, 6) is 0.517. The molecule has 0 aromatic heterocycles. The van der Waals surface area contributed by atoms with Gasteiger partial charge in [0.1, 0.15) is 6.10 Å². The highest BCUT2D eigenvalue weighted by Gasteiger charge is 2.54. The molecule has 1 aliphatic carbocycles. The normalized spacial score (nSPS) is 30.3. The molecule has 5 rings (SSSR count). The van der Waals surface area contributed by atoms with Crippen LogP contribution in [0.1, 0.15) is 49.3 Å². The zero-order valence-electron chi connectivity index (χ0n) is 16.0. The van der Waals surface area contributed by atoms with Crippen molar-refractivity contribution in [2.45, 2.75) is 50.8 Å². The summed E-state index contributed by atoms with van der Waals surface area (Å²) in [5.41, 5.74) is 6.62. The highest BCUT2D eigenvalue weighted by atomic mass is 16.7. The van der Waals surface area contributed by atoms with Gasteiger partial charge in [0.2, 0.25) is 0 Å². The van der Waals surface area contributed by atoms with Crippen LogP contribution in [-0.4, -0.2) is 24.0 Å². The SMILES string of the molecule is c1ccc(CN2C[C@@H]3[C@@H](NO[C@H]3c3ccccc3)C3(CCCCC3)C2)cc1. The van der Waals surface area contributed by atoms with Crippen LogP contribution in [-0.2, 0) is 11.4 Å². The molecule has 2 aromatic rings. The van der Waals surface area contributed by atoms with Gasteiger partial charge in [0.15, 0.2) is 0 Å². The third kappa shape index (κ3) is 3.33. The molecule has 3 heteroatoms. The third-order valence-corrected chi connectivity index (χ3v) is 7.03. The lowest BCUT2D eigenvalue weighted by atomic mass is 9.62. The summed E-state index contributed by atoms with van der Waals surface area (Å²) in [5, 5.41) is 0. The molecule has 3 fully saturated rings. The van der Waals surface area contributed by atoms with E-state index in [2.05, 4.69) is 71.0 Å². The van der Waals surface area contributed by atoms with Gasteiger partial charge in [-0.15, -0.1) is 0 Å². The molecule has 0 amide bonds. The molecular formula is C24H30N2O. The van der Waals surface area contributed by atoms with Gasteiger partial charge in [0, 0.05) is 37.0 Å². The summed E-state index contributed by atoms with van der Waals surface area (Å²) in [4.78, 5) is 8.94. The highest BCUT2D eigenvalue weighted by Crippen LogP contribution is 2.51. The summed E-state index contributed by atoms with van der Waals surface area (Å²) >= 11 is 0. The van der Waals surface area contributed by atoms with Crippen LogP contribution in [0.3, 0.4) is 0 Å². The minimum absolute atomic E-state index is 0.161. The number of nitrogens with zero attached hydrogens (tertiary/aromatic N) is 1. The molecular weight excluding hydrogens is 332 g/mol. The zero-order valence-corrected chi connectivity index (χ0v) is 16.0. The lowest BCUT2D eigenvalue weighted by molar-refractivity contribution is -0.0164. The van der Waals surface area contributed by atoms with E-state index in [0.717, 1.165) is 13.1 Å². The average Bonchev–Trinajstić information content (AvgIpc) is 3.15. The summed E-state index contributed by atoms with van der Waals surface area (Å²) in [6.45, 7) is 3.35. The van der Waals surface area contributed by atoms with Gasteiger partial charge < -0.3 is 0 Å². The van der Waals surface area contributed by atoms with Crippen LogP contribution in [0.2, 0.25) is 0 Å². The molecule has 1 N–H and O–H groups in total. The van der Waals surface area contributed by atoms with Gasteiger partial charge in [-0.2, -0.15) is 5.48 Å². The van der Waals surface area contributed by atoms with Crippen molar-refractivity contribution < 1.29 is 4.84 Å². The van der Waals surface area contributed by atoms with Crippen LogP contribution in [0.4, 0.5) is 0 Å². The number of hydrogen-bond acceptors (Lipinski definition) is 3. The van der Waals surface area contributed by atoms with Gasteiger partial charge in [0.25, 0.3) is 0 Å². The Labute approximate surface area is 162 Å². The number of rotatable bonds is 3. The molecule has 3 aliphatic rings. The second kappa shape index (κ2) is 7.38. The predicted octanol–water partition coefficient (Wildman–Crippen LogP) is 4.71. The number of nitrogens with one attached hydrogen (secondary N) is 1. The molecule has 0 unspecified atom stereocenters. The minimum Gasteiger partial charge on any atom is -0.298 e. The van der Waals surface area contributed by atoms with Crippen molar-refractivity contribution >= 4 is 0 Å². The van der Waals surface area contributed by atoms with Crippen molar-refractivity contribution in [3.8, 4) is 0 Å². The smallest absolute Gasteiger partial charge is 0.110 e. The quantitative estimate of drug-likeness (QED) is 0.855. The Hall–Kier alpha value is -1.68. The van der Waals surface area contributed by atoms with Crippen molar-refractivity contribution in [3.63, 3.8) is 0 Å². The Morgan fingerprint density at radius 3 is 2.37 bits per heavy atom. The van der Waals surface area contributed by atoms with E-state index in [0.29, 0.717) is 17.4 Å². The number of benzene rings is 2. The predicted molar refractivity (Wildman–Crippen MR) is 108 cm³/mol.